The first-order valence-electron chi connectivity index (χ1n) is 10.2. The lowest BCUT2D eigenvalue weighted by Crippen LogP contribution is -2.49. The van der Waals surface area contributed by atoms with Gasteiger partial charge in [0.2, 0.25) is 5.91 Å². The summed E-state index contributed by atoms with van der Waals surface area (Å²) in [5, 5.41) is 15.5. The summed E-state index contributed by atoms with van der Waals surface area (Å²) in [4.78, 5) is 24.1. The molecule has 1 aliphatic heterocycles. The molecule has 3 aromatic rings. The first kappa shape index (κ1) is 19.9. The van der Waals surface area contributed by atoms with Gasteiger partial charge in [-0.25, -0.2) is 4.79 Å². The standard InChI is InChI=1S/C23H24N4O3/c1-27-20-13-17(9-10-21(20)30-23(27)29)16-7-5-15(6-8-16)12-18(14-24)26-22(28)19-4-2-3-11-25-19/h5-10,13,18-19,25H,2-4,11-12H2,1H3,(H,26,28)/t18-,19?/m0/s1. The molecule has 2 atom stereocenters. The predicted molar refractivity (Wildman–Crippen MR) is 114 cm³/mol. The van der Waals surface area contributed by atoms with Crippen LogP contribution in [0, 0.1) is 11.3 Å². The van der Waals surface area contributed by atoms with Crippen LogP contribution in [0.1, 0.15) is 24.8 Å². The van der Waals surface area contributed by atoms with E-state index < -0.39 is 6.04 Å². The monoisotopic (exact) mass is 404 g/mol. The van der Waals surface area contributed by atoms with E-state index in [-0.39, 0.29) is 17.7 Å². The number of nitriles is 1. The molecule has 1 saturated heterocycles. The zero-order valence-corrected chi connectivity index (χ0v) is 16.9. The number of oxazole rings is 1. The van der Waals surface area contributed by atoms with Crippen molar-refractivity contribution >= 4 is 17.0 Å². The second-order valence-corrected chi connectivity index (χ2v) is 7.70. The van der Waals surface area contributed by atoms with E-state index in [1.165, 1.54) is 4.57 Å². The van der Waals surface area contributed by atoms with Gasteiger partial charge in [-0.05, 0) is 48.2 Å². The van der Waals surface area contributed by atoms with Crippen molar-refractivity contribution in [3.05, 3.63) is 58.6 Å². The molecular weight excluding hydrogens is 380 g/mol. The Kier molecular flexibility index (Phi) is 5.68. The highest BCUT2D eigenvalue weighted by Gasteiger charge is 2.23. The van der Waals surface area contributed by atoms with Crippen LogP contribution in [0.15, 0.2) is 51.7 Å². The summed E-state index contributed by atoms with van der Waals surface area (Å²) in [6, 6.07) is 14.9. The number of aromatic nitrogens is 1. The molecule has 0 aliphatic carbocycles. The molecule has 1 fully saturated rings. The van der Waals surface area contributed by atoms with Gasteiger partial charge >= 0.3 is 5.76 Å². The predicted octanol–water partition coefficient (Wildman–Crippen LogP) is 2.49. The number of piperidine rings is 1. The number of carbonyl (C=O) groups excluding carboxylic acids is 1. The SMILES string of the molecule is Cn1c(=O)oc2ccc(-c3ccc(C[C@@H](C#N)NC(=O)C4CCCCN4)cc3)cc21. The smallest absolute Gasteiger partial charge is 0.408 e. The van der Waals surface area contributed by atoms with Gasteiger partial charge in [0.25, 0.3) is 0 Å². The van der Waals surface area contributed by atoms with Crippen LogP contribution >= 0.6 is 0 Å². The fourth-order valence-electron chi connectivity index (χ4n) is 3.85. The Hall–Kier alpha value is -3.37. The molecule has 7 nitrogen and oxygen atoms in total. The van der Waals surface area contributed by atoms with Crippen LogP contribution in [0.4, 0.5) is 0 Å². The number of hydrogen-bond donors (Lipinski definition) is 2. The highest BCUT2D eigenvalue weighted by molar-refractivity contribution is 5.82. The second-order valence-electron chi connectivity index (χ2n) is 7.70. The molecular formula is C23H24N4O3. The number of benzene rings is 2. The summed E-state index contributed by atoms with van der Waals surface area (Å²) in [5.41, 5.74) is 4.24. The van der Waals surface area contributed by atoms with Crippen LogP contribution in [0.2, 0.25) is 0 Å². The van der Waals surface area contributed by atoms with Gasteiger partial charge in [0.15, 0.2) is 5.58 Å². The molecule has 1 aliphatic rings. The maximum Gasteiger partial charge on any atom is 0.419 e. The van der Waals surface area contributed by atoms with Crippen molar-refractivity contribution in [1.82, 2.24) is 15.2 Å². The molecule has 2 aromatic carbocycles. The maximum atomic E-state index is 12.4. The Balaban J connectivity index is 1.45. The fourth-order valence-corrected chi connectivity index (χ4v) is 3.85. The topological polar surface area (TPSA) is 100 Å². The molecule has 4 rings (SSSR count). The maximum absolute atomic E-state index is 12.4. The van der Waals surface area contributed by atoms with Gasteiger partial charge in [0, 0.05) is 13.5 Å². The van der Waals surface area contributed by atoms with E-state index in [0.717, 1.165) is 48.0 Å². The van der Waals surface area contributed by atoms with Gasteiger partial charge in [-0.15, -0.1) is 0 Å². The van der Waals surface area contributed by atoms with Gasteiger partial charge in [-0.2, -0.15) is 5.26 Å². The van der Waals surface area contributed by atoms with E-state index >= 15 is 0 Å². The van der Waals surface area contributed by atoms with Crippen LogP contribution < -0.4 is 16.4 Å². The van der Waals surface area contributed by atoms with E-state index in [1.54, 1.807) is 13.1 Å². The Bertz CT molecular complexity index is 1150. The molecule has 1 unspecified atom stereocenters. The minimum atomic E-state index is -0.566. The summed E-state index contributed by atoms with van der Waals surface area (Å²) in [5.74, 6) is -0.484. The first-order chi connectivity index (χ1) is 14.5. The third kappa shape index (κ3) is 4.14. The van der Waals surface area contributed by atoms with E-state index in [1.807, 2.05) is 36.4 Å². The number of hydrogen-bond acceptors (Lipinski definition) is 5. The van der Waals surface area contributed by atoms with Gasteiger partial charge < -0.3 is 15.1 Å². The number of fused-ring (bicyclic) bond motifs is 1. The average Bonchev–Trinajstić information content (AvgIpc) is 3.07. The summed E-state index contributed by atoms with van der Waals surface area (Å²) < 4.78 is 6.66. The summed E-state index contributed by atoms with van der Waals surface area (Å²) in [6.45, 7) is 0.843. The summed E-state index contributed by atoms with van der Waals surface area (Å²) in [6.07, 6.45) is 3.37. The van der Waals surface area contributed by atoms with Gasteiger partial charge in [-0.1, -0.05) is 36.8 Å². The molecule has 2 heterocycles. The quantitative estimate of drug-likeness (QED) is 0.681. The van der Waals surface area contributed by atoms with E-state index in [4.69, 9.17) is 4.42 Å². The Morgan fingerprint density at radius 3 is 2.73 bits per heavy atom. The Labute approximate surface area is 174 Å². The fraction of sp³-hybridized carbons (Fsp3) is 0.348. The van der Waals surface area contributed by atoms with E-state index in [9.17, 15) is 14.9 Å². The lowest BCUT2D eigenvalue weighted by molar-refractivity contribution is -0.124. The second kappa shape index (κ2) is 8.56. The number of aryl methyl sites for hydroxylation is 1. The molecule has 2 N–H and O–H groups in total. The lowest BCUT2D eigenvalue weighted by Gasteiger charge is -2.23. The van der Waals surface area contributed by atoms with Crippen molar-refractivity contribution in [3.63, 3.8) is 0 Å². The number of nitrogens with one attached hydrogen (secondary N) is 2. The molecule has 7 heteroatoms. The van der Waals surface area contributed by atoms with Crippen molar-refractivity contribution in [2.45, 2.75) is 37.8 Å². The van der Waals surface area contributed by atoms with Crippen molar-refractivity contribution in [2.75, 3.05) is 6.54 Å². The number of amides is 1. The Morgan fingerprint density at radius 2 is 2.03 bits per heavy atom. The van der Waals surface area contributed by atoms with Crippen LogP contribution in [-0.4, -0.2) is 29.1 Å². The highest BCUT2D eigenvalue weighted by Crippen LogP contribution is 2.24. The largest absolute Gasteiger partial charge is 0.419 e. The van der Waals surface area contributed by atoms with Crippen LogP contribution in [0.5, 0.6) is 0 Å². The molecule has 0 bridgehead atoms. The van der Waals surface area contributed by atoms with Gasteiger partial charge in [0.1, 0.15) is 6.04 Å². The third-order valence-corrected chi connectivity index (χ3v) is 5.62. The number of carbonyl (C=O) groups is 1. The Morgan fingerprint density at radius 1 is 1.27 bits per heavy atom. The lowest BCUT2D eigenvalue weighted by atomic mass is 10.00. The first-order valence-corrected chi connectivity index (χ1v) is 10.2. The number of rotatable bonds is 5. The zero-order chi connectivity index (χ0) is 21.1. The van der Waals surface area contributed by atoms with Gasteiger partial charge in [0.05, 0.1) is 17.6 Å². The van der Waals surface area contributed by atoms with Crippen molar-refractivity contribution in [3.8, 4) is 17.2 Å². The van der Waals surface area contributed by atoms with Crippen LogP contribution in [0.25, 0.3) is 22.2 Å². The minimum absolute atomic E-state index is 0.100. The van der Waals surface area contributed by atoms with Crippen molar-refractivity contribution in [1.29, 1.82) is 5.26 Å². The minimum Gasteiger partial charge on any atom is -0.408 e. The van der Waals surface area contributed by atoms with Crippen molar-refractivity contribution in [2.24, 2.45) is 7.05 Å². The van der Waals surface area contributed by atoms with Crippen LogP contribution in [-0.2, 0) is 18.3 Å². The molecule has 154 valence electrons. The van der Waals surface area contributed by atoms with Gasteiger partial charge in [-0.3, -0.25) is 9.36 Å². The molecule has 0 radical (unpaired) electrons. The van der Waals surface area contributed by atoms with Crippen molar-refractivity contribution < 1.29 is 9.21 Å². The molecule has 0 saturated carbocycles. The normalized spacial score (nSPS) is 17.4. The van der Waals surface area contributed by atoms with Crippen LogP contribution in [0.3, 0.4) is 0 Å². The summed E-state index contributed by atoms with van der Waals surface area (Å²) in [7, 11) is 1.68. The molecule has 30 heavy (non-hydrogen) atoms. The molecule has 1 amide bonds. The molecule has 1 aromatic heterocycles. The van der Waals surface area contributed by atoms with E-state index in [2.05, 4.69) is 16.7 Å². The zero-order valence-electron chi connectivity index (χ0n) is 16.9. The third-order valence-electron chi connectivity index (χ3n) is 5.62. The van der Waals surface area contributed by atoms with E-state index in [0.29, 0.717) is 12.0 Å². The highest BCUT2D eigenvalue weighted by atomic mass is 16.4. The molecule has 0 spiro atoms. The number of nitrogens with zero attached hydrogens (tertiary/aromatic N) is 2. The average molecular weight is 404 g/mol. The summed E-state index contributed by atoms with van der Waals surface area (Å²) >= 11 is 0.